The number of amides is 1. The number of hydrogen-bond acceptors (Lipinski definition) is 3. The highest BCUT2D eigenvalue weighted by Gasteiger charge is 2.02. The molecule has 4 nitrogen and oxygen atoms in total. The zero-order valence-corrected chi connectivity index (χ0v) is 9.19. The summed E-state index contributed by atoms with van der Waals surface area (Å²) >= 11 is 0. The molecule has 0 radical (unpaired) electrons. The van der Waals surface area contributed by atoms with Gasteiger partial charge in [0.2, 0.25) is 5.91 Å². The monoisotopic (exact) mass is 218 g/mol. The summed E-state index contributed by atoms with van der Waals surface area (Å²) in [5.74, 6) is 0.703. The molecular weight excluding hydrogens is 204 g/mol. The topological polar surface area (TPSA) is 62.1 Å². The number of methoxy groups -OCH3 is 1. The molecule has 16 heavy (non-hydrogen) atoms. The highest BCUT2D eigenvalue weighted by atomic mass is 16.5. The Bertz CT molecular complexity index is 379. The van der Waals surface area contributed by atoms with E-state index in [0.717, 1.165) is 11.3 Å². The van der Waals surface area contributed by atoms with Crippen LogP contribution < -0.4 is 10.1 Å². The maximum absolute atomic E-state index is 11.4. The Kier molecular flexibility index (Phi) is 4.87. The molecule has 1 amide bonds. The lowest BCUT2D eigenvalue weighted by atomic mass is 10.1. The molecule has 1 rings (SSSR count). The van der Waals surface area contributed by atoms with Crippen LogP contribution in [0.2, 0.25) is 0 Å². The number of benzene rings is 1. The van der Waals surface area contributed by atoms with Crippen molar-refractivity contribution in [3.63, 3.8) is 0 Å². The first kappa shape index (κ1) is 12.1. The van der Waals surface area contributed by atoms with Crippen LogP contribution in [-0.2, 0) is 11.2 Å². The minimum Gasteiger partial charge on any atom is -0.497 e. The molecule has 0 spiro atoms. The van der Waals surface area contributed by atoms with Crippen molar-refractivity contribution in [3.05, 3.63) is 29.8 Å². The summed E-state index contributed by atoms with van der Waals surface area (Å²) in [6.07, 6.45) is 0.670. The lowest BCUT2D eigenvalue weighted by molar-refractivity contribution is -0.120. The molecule has 1 N–H and O–H groups in total. The number of carbonyl (C=O) groups is 1. The van der Waals surface area contributed by atoms with Gasteiger partial charge in [-0.2, -0.15) is 5.26 Å². The van der Waals surface area contributed by atoms with Gasteiger partial charge in [-0.15, -0.1) is 0 Å². The van der Waals surface area contributed by atoms with Crippen molar-refractivity contribution in [2.45, 2.75) is 12.8 Å². The Morgan fingerprint density at radius 2 is 2.12 bits per heavy atom. The summed E-state index contributed by atoms with van der Waals surface area (Å²) in [4.78, 5) is 11.4. The van der Waals surface area contributed by atoms with Gasteiger partial charge in [-0.1, -0.05) is 12.1 Å². The van der Waals surface area contributed by atoms with E-state index in [-0.39, 0.29) is 5.91 Å². The van der Waals surface area contributed by atoms with Crippen molar-refractivity contribution in [2.75, 3.05) is 13.7 Å². The van der Waals surface area contributed by atoms with Crippen LogP contribution in [0, 0.1) is 11.3 Å². The van der Waals surface area contributed by atoms with Crippen molar-refractivity contribution in [2.24, 2.45) is 0 Å². The van der Waals surface area contributed by atoms with Gasteiger partial charge in [0.05, 0.1) is 26.0 Å². The predicted octanol–water partition coefficient (Wildman–Crippen LogP) is 1.27. The van der Waals surface area contributed by atoms with E-state index >= 15 is 0 Å². The fourth-order valence-electron chi connectivity index (χ4n) is 1.25. The highest BCUT2D eigenvalue weighted by Crippen LogP contribution is 2.11. The molecule has 4 heteroatoms. The van der Waals surface area contributed by atoms with Gasteiger partial charge in [-0.3, -0.25) is 4.79 Å². The second-order valence-electron chi connectivity index (χ2n) is 3.28. The Hall–Kier alpha value is -2.02. The van der Waals surface area contributed by atoms with Crippen molar-refractivity contribution in [3.8, 4) is 11.8 Å². The third-order valence-electron chi connectivity index (χ3n) is 2.08. The van der Waals surface area contributed by atoms with Crippen LogP contribution in [0.25, 0.3) is 0 Å². The minimum absolute atomic E-state index is 0.0691. The van der Waals surface area contributed by atoms with Gasteiger partial charge in [0.1, 0.15) is 5.75 Å². The van der Waals surface area contributed by atoms with Gasteiger partial charge < -0.3 is 10.1 Å². The van der Waals surface area contributed by atoms with E-state index in [9.17, 15) is 4.79 Å². The summed E-state index contributed by atoms with van der Waals surface area (Å²) in [5.41, 5.74) is 0.926. The number of nitriles is 1. The lowest BCUT2D eigenvalue weighted by Gasteiger charge is -2.04. The molecule has 0 bridgehead atoms. The smallest absolute Gasteiger partial charge is 0.224 e. The van der Waals surface area contributed by atoms with Gasteiger partial charge in [0.25, 0.3) is 0 Å². The van der Waals surface area contributed by atoms with Crippen molar-refractivity contribution in [1.82, 2.24) is 5.32 Å². The van der Waals surface area contributed by atoms with E-state index in [4.69, 9.17) is 10.00 Å². The molecule has 0 saturated carbocycles. The second-order valence-corrected chi connectivity index (χ2v) is 3.28. The molecule has 1 aromatic carbocycles. The lowest BCUT2D eigenvalue weighted by Crippen LogP contribution is -2.25. The SMILES string of the molecule is COc1ccc(CC(=O)NCCC#N)cc1. The standard InChI is InChI=1S/C12H14N2O2/c1-16-11-5-3-10(4-6-11)9-12(15)14-8-2-7-13/h3-6H,2,8-9H2,1H3,(H,14,15). The molecule has 0 aromatic heterocycles. The molecule has 0 heterocycles. The van der Waals surface area contributed by atoms with Crippen LogP contribution in [0.15, 0.2) is 24.3 Å². The molecule has 0 aliphatic heterocycles. The van der Waals surface area contributed by atoms with E-state index in [1.807, 2.05) is 30.3 Å². The third kappa shape index (κ3) is 4.01. The van der Waals surface area contributed by atoms with E-state index in [2.05, 4.69) is 5.32 Å². The van der Waals surface area contributed by atoms with Gasteiger partial charge in [-0.25, -0.2) is 0 Å². The summed E-state index contributed by atoms with van der Waals surface area (Å²) in [7, 11) is 1.60. The molecule has 0 fully saturated rings. The number of ether oxygens (including phenoxy) is 1. The number of nitrogens with one attached hydrogen (secondary N) is 1. The fraction of sp³-hybridized carbons (Fsp3) is 0.333. The Labute approximate surface area is 94.8 Å². The average Bonchev–Trinajstić information content (AvgIpc) is 2.30. The molecule has 1 aromatic rings. The predicted molar refractivity (Wildman–Crippen MR) is 59.9 cm³/mol. The maximum Gasteiger partial charge on any atom is 0.224 e. The molecule has 0 aliphatic rings. The quantitative estimate of drug-likeness (QED) is 0.757. The van der Waals surface area contributed by atoms with Crippen molar-refractivity contribution >= 4 is 5.91 Å². The number of rotatable bonds is 5. The highest BCUT2D eigenvalue weighted by molar-refractivity contribution is 5.78. The Balaban J connectivity index is 2.41. The van der Waals surface area contributed by atoms with Crippen molar-refractivity contribution < 1.29 is 9.53 Å². The molecule has 0 atom stereocenters. The van der Waals surface area contributed by atoms with Gasteiger partial charge in [0.15, 0.2) is 0 Å². The maximum atomic E-state index is 11.4. The first-order valence-electron chi connectivity index (χ1n) is 5.03. The van der Waals surface area contributed by atoms with Gasteiger partial charge in [0, 0.05) is 6.54 Å². The van der Waals surface area contributed by atoms with Gasteiger partial charge in [-0.05, 0) is 17.7 Å². The number of hydrogen-bond donors (Lipinski definition) is 1. The van der Waals surface area contributed by atoms with Crippen LogP contribution in [0.5, 0.6) is 5.75 Å². The molecule has 0 saturated heterocycles. The number of carbonyl (C=O) groups excluding carboxylic acids is 1. The first-order chi connectivity index (χ1) is 7.76. The molecule has 0 aliphatic carbocycles. The summed E-state index contributed by atoms with van der Waals surface area (Å²) in [6, 6.07) is 9.31. The largest absolute Gasteiger partial charge is 0.497 e. The second kappa shape index (κ2) is 6.46. The Morgan fingerprint density at radius 3 is 2.69 bits per heavy atom. The van der Waals surface area contributed by atoms with Crippen LogP contribution in [0.1, 0.15) is 12.0 Å². The summed E-state index contributed by atoms with van der Waals surface area (Å²) in [5, 5.41) is 11.0. The van der Waals surface area contributed by atoms with Gasteiger partial charge >= 0.3 is 0 Å². The third-order valence-corrected chi connectivity index (χ3v) is 2.08. The average molecular weight is 218 g/mol. The zero-order valence-electron chi connectivity index (χ0n) is 9.19. The normalized spacial score (nSPS) is 9.25. The zero-order chi connectivity index (χ0) is 11.8. The molecular formula is C12H14N2O2. The molecule has 0 unspecified atom stereocenters. The van der Waals surface area contributed by atoms with Crippen LogP contribution >= 0.6 is 0 Å². The first-order valence-corrected chi connectivity index (χ1v) is 5.03. The minimum atomic E-state index is -0.0691. The van der Waals surface area contributed by atoms with Crippen LogP contribution in [0.4, 0.5) is 0 Å². The van der Waals surface area contributed by atoms with E-state index in [0.29, 0.717) is 19.4 Å². The van der Waals surface area contributed by atoms with Crippen LogP contribution in [0.3, 0.4) is 0 Å². The van der Waals surface area contributed by atoms with Crippen molar-refractivity contribution in [1.29, 1.82) is 5.26 Å². The summed E-state index contributed by atoms with van der Waals surface area (Å²) < 4.78 is 5.02. The van der Waals surface area contributed by atoms with E-state index in [1.54, 1.807) is 7.11 Å². The molecule has 84 valence electrons. The van der Waals surface area contributed by atoms with E-state index in [1.165, 1.54) is 0 Å². The van der Waals surface area contributed by atoms with E-state index < -0.39 is 0 Å². The number of nitrogens with zero attached hydrogens (tertiary/aromatic N) is 1. The van der Waals surface area contributed by atoms with Crippen LogP contribution in [-0.4, -0.2) is 19.6 Å². The Morgan fingerprint density at radius 1 is 1.44 bits per heavy atom. The fourth-order valence-corrected chi connectivity index (χ4v) is 1.25. The summed E-state index contributed by atoms with van der Waals surface area (Å²) in [6.45, 7) is 0.408.